The average molecular weight is 235 g/mol. The Kier molecular flexibility index (Phi) is 2.83. The maximum absolute atomic E-state index is 5.35. The van der Waals surface area contributed by atoms with Crippen LogP contribution in [0.25, 0.3) is 0 Å². The molecule has 1 aliphatic heterocycles. The molecule has 92 valence electrons. The monoisotopic (exact) mass is 235 g/mol. The van der Waals surface area contributed by atoms with Gasteiger partial charge in [0.05, 0.1) is 6.54 Å². The molecular formula is C12H17N3O2. The molecule has 0 spiro atoms. The van der Waals surface area contributed by atoms with E-state index in [0.717, 1.165) is 17.1 Å². The number of nitrogens with zero attached hydrogens (tertiary/aromatic N) is 1. The number of hydrogen-bond donors (Lipinski definition) is 2. The summed E-state index contributed by atoms with van der Waals surface area (Å²) in [6.45, 7) is 4.98. The third kappa shape index (κ3) is 2.43. The van der Waals surface area contributed by atoms with Crippen LogP contribution in [0.5, 0.6) is 11.5 Å². The highest BCUT2D eigenvalue weighted by molar-refractivity contribution is 5.75. The van der Waals surface area contributed by atoms with Gasteiger partial charge in [-0.1, -0.05) is 19.9 Å². The fourth-order valence-electron chi connectivity index (χ4n) is 1.70. The van der Waals surface area contributed by atoms with Gasteiger partial charge in [0, 0.05) is 5.41 Å². The van der Waals surface area contributed by atoms with Gasteiger partial charge in [0.15, 0.2) is 17.5 Å². The Morgan fingerprint density at radius 2 is 2.00 bits per heavy atom. The van der Waals surface area contributed by atoms with Gasteiger partial charge in [-0.05, 0) is 17.7 Å². The quantitative estimate of drug-likeness (QED) is 0.604. The molecule has 1 aromatic rings. The van der Waals surface area contributed by atoms with Gasteiger partial charge in [0.2, 0.25) is 6.79 Å². The fraction of sp³-hybridized carbons (Fsp3) is 0.417. The van der Waals surface area contributed by atoms with E-state index in [1.54, 1.807) is 0 Å². The van der Waals surface area contributed by atoms with Gasteiger partial charge < -0.3 is 20.9 Å². The number of aliphatic imine (C=N–C) groups is 1. The summed E-state index contributed by atoms with van der Waals surface area (Å²) in [5.74, 6) is 1.67. The lowest BCUT2D eigenvalue weighted by Crippen LogP contribution is -2.28. The van der Waals surface area contributed by atoms with Gasteiger partial charge in [-0.2, -0.15) is 0 Å². The van der Waals surface area contributed by atoms with Crippen LogP contribution in [-0.2, 0) is 5.41 Å². The maximum atomic E-state index is 5.35. The summed E-state index contributed by atoms with van der Waals surface area (Å²) in [5, 5.41) is 0. The van der Waals surface area contributed by atoms with E-state index in [1.165, 1.54) is 0 Å². The third-order valence-electron chi connectivity index (χ3n) is 2.81. The molecule has 0 aromatic heterocycles. The van der Waals surface area contributed by atoms with Crippen LogP contribution in [0.4, 0.5) is 0 Å². The van der Waals surface area contributed by atoms with Crippen molar-refractivity contribution in [2.75, 3.05) is 13.3 Å². The summed E-state index contributed by atoms with van der Waals surface area (Å²) in [5.41, 5.74) is 11.7. The first-order valence-corrected chi connectivity index (χ1v) is 5.44. The lowest BCUT2D eigenvalue weighted by Gasteiger charge is -2.23. The van der Waals surface area contributed by atoms with Crippen molar-refractivity contribution < 1.29 is 9.47 Å². The number of ether oxygens (including phenoxy) is 2. The van der Waals surface area contributed by atoms with Gasteiger partial charge in [0.25, 0.3) is 0 Å². The SMILES string of the molecule is CC(C)(CN=C(N)N)c1ccc2c(c1)OCO2. The van der Waals surface area contributed by atoms with E-state index in [2.05, 4.69) is 18.8 Å². The van der Waals surface area contributed by atoms with Crippen LogP contribution < -0.4 is 20.9 Å². The van der Waals surface area contributed by atoms with Crippen molar-refractivity contribution in [3.63, 3.8) is 0 Å². The highest BCUT2D eigenvalue weighted by atomic mass is 16.7. The standard InChI is InChI=1S/C12H17N3O2/c1-12(2,6-15-11(13)14)8-3-4-9-10(5-8)17-7-16-9/h3-5H,6-7H2,1-2H3,(H4,13,14,15). The van der Waals surface area contributed by atoms with Crippen LogP contribution >= 0.6 is 0 Å². The summed E-state index contributed by atoms with van der Waals surface area (Å²) >= 11 is 0. The van der Waals surface area contributed by atoms with E-state index < -0.39 is 0 Å². The van der Waals surface area contributed by atoms with E-state index >= 15 is 0 Å². The fourth-order valence-corrected chi connectivity index (χ4v) is 1.70. The lowest BCUT2D eigenvalue weighted by atomic mass is 9.84. The third-order valence-corrected chi connectivity index (χ3v) is 2.81. The first kappa shape index (κ1) is 11.6. The summed E-state index contributed by atoms with van der Waals surface area (Å²) in [7, 11) is 0. The molecule has 4 N–H and O–H groups in total. The minimum atomic E-state index is -0.148. The Bertz CT molecular complexity index is 451. The van der Waals surface area contributed by atoms with Crippen LogP contribution in [0, 0.1) is 0 Å². The molecule has 0 saturated carbocycles. The molecule has 0 bridgehead atoms. The van der Waals surface area contributed by atoms with E-state index in [0.29, 0.717) is 6.54 Å². The van der Waals surface area contributed by atoms with Crippen LogP contribution in [0.1, 0.15) is 19.4 Å². The molecule has 1 aliphatic rings. The molecular weight excluding hydrogens is 218 g/mol. The van der Waals surface area contributed by atoms with Crippen molar-refractivity contribution in [1.29, 1.82) is 0 Å². The second-order valence-electron chi connectivity index (χ2n) is 4.69. The van der Waals surface area contributed by atoms with Crippen LogP contribution in [0.15, 0.2) is 23.2 Å². The molecule has 5 heteroatoms. The molecule has 0 unspecified atom stereocenters. The van der Waals surface area contributed by atoms with Gasteiger partial charge in [-0.3, -0.25) is 4.99 Å². The number of rotatable bonds is 3. The molecule has 0 saturated heterocycles. The second-order valence-corrected chi connectivity index (χ2v) is 4.69. The van der Waals surface area contributed by atoms with Crippen molar-refractivity contribution in [3.8, 4) is 11.5 Å². The van der Waals surface area contributed by atoms with Crippen molar-refractivity contribution >= 4 is 5.96 Å². The molecule has 0 aliphatic carbocycles. The van der Waals surface area contributed by atoms with Crippen LogP contribution in [0.3, 0.4) is 0 Å². The van der Waals surface area contributed by atoms with Crippen LogP contribution in [0.2, 0.25) is 0 Å². The van der Waals surface area contributed by atoms with E-state index in [9.17, 15) is 0 Å². The normalized spacial score (nSPS) is 13.5. The molecule has 0 radical (unpaired) electrons. The Morgan fingerprint density at radius 3 is 2.71 bits per heavy atom. The van der Waals surface area contributed by atoms with Crippen LogP contribution in [-0.4, -0.2) is 19.3 Å². The molecule has 1 aromatic carbocycles. The summed E-state index contributed by atoms with van der Waals surface area (Å²) in [4.78, 5) is 4.07. The number of benzene rings is 1. The summed E-state index contributed by atoms with van der Waals surface area (Å²) in [6.07, 6.45) is 0. The van der Waals surface area contributed by atoms with E-state index in [4.69, 9.17) is 20.9 Å². The second kappa shape index (κ2) is 4.16. The first-order valence-electron chi connectivity index (χ1n) is 5.44. The summed E-state index contributed by atoms with van der Waals surface area (Å²) in [6, 6.07) is 5.90. The summed E-state index contributed by atoms with van der Waals surface area (Å²) < 4.78 is 10.6. The average Bonchev–Trinajstić information content (AvgIpc) is 2.73. The topological polar surface area (TPSA) is 82.9 Å². The highest BCUT2D eigenvalue weighted by Crippen LogP contribution is 2.36. The van der Waals surface area contributed by atoms with Crippen molar-refractivity contribution in [1.82, 2.24) is 0 Å². The van der Waals surface area contributed by atoms with Gasteiger partial charge in [-0.25, -0.2) is 0 Å². The van der Waals surface area contributed by atoms with Gasteiger partial charge in [-0.15, -0.1) is 0 Å². The Morgan fingerprint density at radius 1 is 1.29 bits per heavy atom. The molecule has 0 fully saturated rings. The lowest BCUT2D eigenvalue weighted by molar-refractivity contribution is 0.174. The molecule has 17 heavy (non-hydrogen) atoms. The van der Waals surface area contributed by atoms with E-state index in [1.807, 2.05) is 18.2 Å². The largest absolute Gasteiger partial charge is 0.454 e. The Labute approximate surface area is 100 Å². The Balaban J connectivity index is 2.24. The molecule has 0 amide bonds. The minimum absolute atomic E-state index is 0.110. The van der Waals surface area contributed by atoms with Crippen molar-refractivity contribution in [3.05, 3.63) is 23.8 Å². The zero-order chi connectivity index (χ0) is 12.5. The highest BCUT2D eigenvalue weighted by Gasteiger charge is 2.23. The molecule has 2 rings (SSSR count). The smallest absolute Gasteiger partial charge is 0.231 e. The zero-order valence-corrected chi connectivity index (χ0v) is 10.1. The maximum Gasteiger partial charge on any atom is 0.231 e. The Hall–Kier alpha value is -1.91. The van der Waals surface area contributed by atoms with Crippen molar-refractivity contribution in [2.24, 2.45) is 16.5 Å². The predicted octanol–water partition coefficient (Wildman–Crippen LogP) is 0.966. The molecule has 0 atom stereocenters. The predicted molar refractivity (Wildman–Crippen MR) is 66.3 cm³/mol. The zero-order valence-electron chi connectivity index (χ0n) is 10.1. The molecule has 5 nitrogen and oxygen atoms in total. The number of nitrogens with two attached hydrogens (primary N) is 2. The van der Waals surface area contributed by atoms with E-state index in [-0.39, 0.29) is 18.2 Å². The van der Waals surface area contributed by atoms with Crippen molar-refractivity contribution in [2.45, 2.75) is 19.3 Å². The number of hydrogen-bond acceptors (Lipinski definition) is 3. The number of fused-ring (bicyclic) bond motifs is 1. The molecule has 1 heterocycles. The minimum Gasteiger partial charge on any atom is -0.454 e. The number of guanidine groups is 1. The van der Waals surface area contributed by atoms with Gasteiger partial charge >= 0.3 is 0 Å². The van der Waals surface area contributed by atoms with Gasteiger partial charge in [0.1, 0.15) is 0 Å². The first-order chi connectivity index (χ1) is 7.99.